The van der Waals surface area contributed by atoms with Gasteiger partial charge in [0.15, 0.2) is 35.2 Å². The van der Waals surface area contributed by atoms with Crippen molar-refractivity contribution in [2.24, 2.45) is 0 Å². The van der Waals surface area contributed by atoms with Gasteiger partial charge >= 0.3 is 11.3 Å². The van der Waals surface area contributed by atoms with Gasteiger partial charge in [-0.2, -0.15) is 0 Å². The summed E-state index contributed by atoms with van der Waals surface area (Å²) in [7, 11) is 0. The minimum Gasteiger partial charge on any atom is -0.504 e. The molecule has 2 fully saturated rings. The Morgan fingerprint density at radius 1 is 0.636 bits per heavy atom. The first-order valence-electron chi connectivity index (χ1n) is 13.1. The smallest absolute Gasteiger partial charge is 0.344 e. The zero-order valence-electron chi connectivity index (χ0n) is 22.1. The van der Waals surface area contributed by atoms with E-state index >= 15 is 0 Å². The third kappa shape index (κ3) is 4.68. The summed E-state index contributed by atoms with van der Waals surface area (Å²) in [5.74, 6) is -2.82. The number of phenolic OH excluding ortho intramolecular Hbond substituents is 3. The molecular weight excluding hydrogens is 600 g/mol. The maximum Gasteiger partial charge on any atom is 0.344 e. The number of aliphatic hydroxyl groups is 7. The Balaban J connectivity index is 1.25. The predicted molar refractivity (Wildman–Crippen MR) is 139 cm³/mol. The van der Waals surface area contributed by atoms with Gasteiger partial charge in [0.2, 0.25) is 11.5 Å². The SMILES string of the molecule is O=c1oc2c(O)c(OC[C@H]3O[C@@H](OC[C@H]4O[C@@H](O)[C@H](O)[C@@H](O)[C@@H]4O)[C@H](O)[C@@H](O)[C@@H]3O)cc3c(=O)oc4c(O)c(O)cc1c4c23. The molecule has 0 saturated carbocycles. The van der Waals surface area contributed by atoms with Crippen molar-refractivity contribution in [2.45, 2.75) is 61.4 Å². The van der Waals surface area contributed by atoms with Crippen LogP contribution in [0.2, 0.25) is 0 Å². The lowest BCUT2D eigenvalue weighted by Crippen LogP contribution is -2.61. The van der Waals surface area contributed by atoms with E-state index in [0.29, 0.717) is 0 Å². The van der Waals surface area contributed by atoms with Gasteiger partial charge in [0, 0.05) is 10.8 Å². The van der Waals surface area contributed by atoms with Gasteiger partial charge < -0.3 is 78.8 Å². The van der Waals surface area contributed by atoms with Crippen LogP contribution in [0.5, 0.6) is 23.0 Å². The van der Waals surface area contributed by atoms with E-state index in [9.17, 15) is 60.7 Å². The fourth-order valence-electron chi connectivity index (χ4n) is 5.30. The molecule has 2 aromatic heterocycles. The maximum atomic E-state index is 12.8. The standard InChI is InChI=1S/C26H26O18/c27-7-1-5-11-12-6(24(37)43-21(11)13(7)28)2-8(16(31)22(12)44-23(5)36)39-3-10-15(30)18(33)20(35)26(42-10)40-4-9-14(29)17(32)19(34)25(38)41-9/h1-2,9-10,14-15,17-20,25-35,38H,3-4H2/t9-,10-,14-,15-,17+,18+,19-,20-,25-,26-/m1/s1. The van der Waals surface area contributed by atoms with Crippen LogP contribution in [0, 0.1) is 0 Å². The molecule has 2 aromatic carbocycles. The molecule has 2 aliphatic heterocycles. The Labute approximate surface area is 242 Å². The van der Waals surface area contributed by atoms with Crippen molar-refractivity contribution >= 4 is 32.7 Å². The Kier molecular flexibility index (Phi) is 7.53. The fraction of sp³-hybridized carbons (Fsp3) is 0.462. The molecule has 2 saturated heterocycles. The van der Waals surface area contributed by atoms with Crippen molar-refractivity contribution < 1.29 is 78.8 Å². The van der Waals surface area contributed by atoms with E-state index in [1.54, 1.807) is 0 Å². The largest absolute Gasteiger partial charge is 0.504 e. The van der Waals surface area contributed by atoms with Crippen molar-refractivity contribution in [3.8, 4) is 23.0 Å². The molecular formula is C26H26O18. The van der Waals surface area contributed by atoms with Gasteiger partial charge in [-0.05, 0) is 12.1 Å². The van der Waals surface area contributed by atoms with E-state index < -0.39 is 120 Å². The van der Waals surface area contributed by atoms with Crippen LogP contribution < -0.4 is 16.0 Å². The lowest BCUT2D eigenvalue weighted by Gasteiger charge is -2.42. The van der Waals surface area contributed by atoms with Crippen molar-refractivity contribution in [2.75, 3.05) is 13.2 Å². The Morgan fingerprint density at radius 2 is 1.18 bits per heavy atom. The summed E-state index contributed by atoms with van der Waals surface area (Å²) in [6.07, 6.45) is -17.2. The van der Waals surface area contributed by atoms with E-state index in [4.69, 9.17) is 27.8 Å². The topological polar surface area (TPSA) is 300 Å². The molecule has 4 aromatic rings. The number of hydrogen-bond donors (Lipinski definition) is 10. The molecule has 0 amide bonds. The minimum absolute atomic E-state index is 0.118. The highest BCUT2D eigenvalue weighted by atomic mass is 16.7. The first-order valence-corrected chi connectivity index (χ1v) is 13.1. The molecule has 18 nitrogen and oxygen atoms in total. The van der Waals surface area contributed by atoms with Crippen molar-refractivity contribution in [3.05, 3.63) is 33.0 Å². The van der Waals surface area contributed by atoms with Gasteiger partial charge in [-0.25, -0.2) is 9.59 Å². The quantitative estimate of drug-likeness (QED) is 0.0567. The van der Waals surface area contributed by atoms with Crippen molar-refractivity contribution in [1.82, 2.24) is 0 Å². The molecule has 0 unspecified atom stereocenters. The number of ether oxygens (including phenoxy) is 4. The lowest BCUT2D eigenvalue weighted by molar-refractivity contribution is -0.325. The summed E-state index contributed by atoms with van der Waals surface area (Å²) in [5.41, 5.74) is -3.18. The molecule has 238 valence electrons. The number of hydrogen-bond acceptors (Lipinski definition) is 18. The lowest BCUT2D eigenvalue weighted by atomic mass is 9.98. The van der Waals surface area contributed by atoms with Crippen molar-refractivity contribution in [1.29, 1.82) is 0 Å². The average molecular weight is 626 g/mol. The molecule has 0 aliphatic carbocycles. The highest BCUT2D eigenvalue weighted by molar-refractivity contribution is 6.22. The van der Waals surface area contributed by atoms with E-state index in [1.807, 2.05) is 0 Å². The summed E-state index contributed by atoms with van der Waals surface area (Å²) in [4.78, 5) is 25.5. The van der Waals surface area contributed by atoms with E-state index in [2.05, 4.69) is 0 Å². The highest BCUT2D eigenvalue weighted by Crippen LogP contribution is 2.45. The Morgan fingerprint density at radius 3 is 1.82 bits per heavy atom. The van der Waals surface area contributed by atoms with Gasteiger partial charge in [0.05, 0.1) is 17.4 Å². The summed E-state index contributed by atoms with van der Waals surface area (Å²) in [5, 5.41) is 101. The molecule has 18 heteroatoms. The van der Waals surface area contributed by atoms with Crippen LogP contribution in [0.4, 0.5) is 0 Å². The van der Waals surface area contributed by atoms with Crippen LogP contribution in [0.15, 0.2) is 30.6 Å². The summed E-state index contributed by atoms with van der Waals surface area (Å²) in [6.45, 7) is -1.29. The van der Waals surface area contributed by atoms with E-state index in [1.165, 1.54) is 0 Å². The van der Waals surface area contributed by atoms with E-state index in [0.717, 1.165) is 12.1 Å². The molecule has 10 N–H and O–H groups in total. The summed E-state index contributed by atoms with van der Waals surface area (Å²) >= 11 is 0. The molecule has 2 aliphatic rings. The van der Waals surface area contributed by atoms with Crippen molar-refractivity contribution in [3.63, 3.8) is 0 Å². The van der Waals surface area contributed by atoms with Gasteiger partial charge in [-0.3, -0.25) is 0 Å². The number of phenols is 3. The highest BCUT2D eigenvalue weighted by Gasteiger charge is 2.47. The molecule has 0 bridgehead atoms. The first-order chi connectivity index (χ1) is 20.8. The van der Waals surface area contributed by atoms with Crippen LogP contribution in [0.25, 0.3) is 32.7 Å². The summed E-state index contributed by atoms with van der Waals surface area (Å²) < 4.78 is 31.7. The van der Waals surface area contributed by atoms with Crippen LogP contribution in [0.1, 0.15) is 0 Å². The zero-order chi connectivity index (χ0) is 31.8. The number of rotatable bonds is 6. The number of benzene rings is 2. The average Bonchev–Trinajstić information content (AvgIpc) is 2.99. The predicted octanol–water partition coefficient (Wildman–Crippen LogP) is -3.39. The third-order valence-electron chi connectivity index (χ3n) is 7.72. The molecule has 10 atom stereocenters. The first kappa shape index (κ1) is 30.2. The normalized spacial score (nSPS) is 33.0. The molecule has 0 radical (unpaired) electrons. The number of aliphatic hydroxyl groups excluding tert-OH is 7. The number of aromatic hydroxyl groups is 3. The second-order valence-electron chi connectivity index (χ2n) is 10.4. The molecule has 0 spiro atoms. The maximum absolute atomic E-state index is 12.8. The Hall–Kier alpha value is -3.82. The van der Waals surface area contributed by atoms with Gasteiger partial charge in [-0.15, -0.1) is 0 Å². The summed E-state index contributed by atoms with van der Waals surface area (Å²) in [6, 6.07) is 1.92. The Bertz CT molecular complexity index is 1820. The van der Waals surface area contributed by atoms with Gasteiger partial charge in [-0.1, -0.05) is 0 Å². The molecule has 4 heterocycles. The fourth-order valence-corrected chi connectivity index (χ4v) is 5.30. The van der Waals surface area contributed by atoms with Crippen LogP contribution >= 0.6 is 0 Å². The van der Waals surface area contributed by atoms with Crippen LogP contribution in [-0.4, -0.2) is 126 Å². The zero-order valence-corrected chi connectivity index (χ0v) is 22.1. The monoisotopic (exact) mass is 626 g/mol. The van der Waals surface area contributed by atoms with Crippen LogP contribution in [0.3, 0.4) is 0 Å². The van der Waals surface area contributed by atoms with E-state index in [-0.39, 0.29) is 21.5 Å². The van der Waals surface area contributed by atoms with Gasteiger partial charge in [0.25, 0.3) is 0 Å². The molecule has 6 rings (SSSR count). The molecule has 44 heavy (non-hydrogen) atoms. The third-order valence-corrected chi connectivity index (χ3v) is 7.72. The second-order valence-corrected chi connectivity index (χ2v) is 10.4. The second kappa shape index (κ2) is 11.0. The van der Waals surface area contributed by atoms with Gasteiger partial charge in [0.1, 0.15) is 55.4 Å². The van der Waals surface area contributed by atoms with Crippen LogP contribution in [-0.2, 0) is 14.2 Å². The minimum atomic E-state index is -1.87.